The molecule has 1 heterocycles. The van der Waals surface area contributed by atoms with E-state index in [4.69, 9.17) is 0 Å². The average Bonchev–Trinajstić information content (AvgIpc) is 2.29. The molecule has 1 saturated carbocycles. The van der Waals surface area contributed by atoms with Gasteiger partial charge in [-0.15, -0.1) is 18.9 Å². The van der Waals surface area contributed by atoms with Crippen molar-refractivity contribution in [2.24, 2.45) is 11.8 Å². The fourth-order valence-electron chi connectivity index (χ4n) is 1.90. The van der Waals surface area contributed by atoms with Crippen LogP contribution in [0.4, 0.5) is 0 Å². The zero-order valence-electron chi connectivity index (χ0n) is 8.82. The molecule has 1 fully saturated rings. The van der Waals surface area contributed by atoms with Crippen molar-refractivity contribution in [1.29, 1.82) is 0 Å². The van der Waals surface area contributed by atoms with Crippen LogP contribution in [0, 0.1) is 61.9 Å². The van der Waals surface area contributed by atoms with Crippen molar-refractivity contribution in [2.45, 2.75) is 19.9 Å². The number of Topliss-reactive ketones (excluding diaryl/α,β-unsaturated/α-hetero) is 1. The molecule has 0 bridgehead atoms. The summed E-state index contributed by atoms with van der Waals surface area (Å²) in [5.41, 5.74) is 0.861. The van der Waals surface area contributed by atoms with Crippen LogP contribution in [0.25, 0.3) is 0 Å². The van der Waals surface area contributed by atoms with E-state index < -0.39 is 0 Å². The van der Waals surface area contributed by atoms with Gasteiger partial charge >= 0.3 is 0 Å². The average molecular weight is 540 g/mol. The largest absolute Gasteiger partial charge is 0.449 e. The van der Waals surface area contributed by atoms with Crippen molar-refractivity contribution in [2.75, 3.05) is 0 Å². The van der Waals surface area contributed by atoms with Crippen LogP contribution in [0.3, 0.4) is 0 Å². The van der Waals surface area contributed by atoms with E-state index in [1.165, 1.54) is 0 Å². The molecule has 15 heavy (non-hydrogen) atoms. The Kier molecular flexibility index (Phi) is 10.4. The number of ketones is 1. The minimum atomic E-state index is 0. The zero-order valence-corrected chi connectivity index (χ0v) is 17.2. The van der Waals surface area contributed by atoms with Crippen LogP contribution in [-0.4, -0.2) is 11.8 Å². The van der Waals surface area contributed by atoms with Crippen LogP contribution in [-0.2, 0) is 56.1 Å². The van der Waals surface area contributed by atoms with Gasteiger partial charge in [-0.2, -0.15) is 5.70 Å². The van der Waals surface area contributed by atoms with E-state index in [9.17, 15) is 4.79 Å². The van der Waals surface area contributed by atoms with Crippen molar-refractivity contribution < 1.29 is 87.2 Å². The number of carbonyl (C=O) groups is 1. The summed E-state index contributed by atoms with van der Waals surface area (Å²) < 4.78 is 0. The molecule has 3 atom stereocenters. The summed E-state index contributed by atoms with van der Waals surface area (Å²) in [7, 11) is 0. The van der Waals surface area contributed by atoms with Crippen LogP contribution in [0.15, 0.2) is 5.70 Å². The molecule has 0 saturated heterocycles. The van der Waals surface area contributed by atoms with E-state index >= 15 is 0 Å². The van der Waals surface area contributed by atoms with Crippen LogP contribution in [0.1, 0.15) is 13.8 Å². The third-order valence-electron chi connectivity index (χ3n) is 2.41. The smallest absolute Gasteiger partial charge is 0 e. The van der Waals surface area contributed by atoms with E-state index in [1.807, 2.05) is 6.92 Å². The van der Waals surface area contributed by atoms with E-state index in [0.717, 1.165) is 5.70 Å². The normalized spacial score (nSPS) is 32.3. The molecule has 2 radical (unpaired) electrons. The third-order valence-corrected chi connectivity index (χ3v) is 2.41. The minimum absolute atomic E-state index is 0. The molecule has 1 aliphatic carbocycles. The first-order valence-electron chi connectivity index (χ1n) is 4.28. The maximum absolute atomic E-state index is 11.4. The molecule has 78 valence electrons. The van der Waals surface area contributed by atoms with E-state index in [1.54, 1.807) is 0 Å². The number of carbonyl (C=O) groups excluding carboxylic acids is 1. The SMILES string of the molecule is CC1=[C-]C(=O)C2[CH-]C(C)[CH-]C2N1.[U].[V].[Y]. The van der Waals surface area contributed by atoms with Crippen molar-refractivity contribution in [1.82, 2.24) is 5.32 Å². The topological polar surface area (TPSA) is 29.1 Å². The van der Waals surface area contributed by atoms with Gasteiger partial charge in [0.05, 0.1) is 0 Å². The number of hydrogen-bond donors (Lipinski definition) is 1. The van der Waals surface area contributed by atoms with Crippen molar-refractivity contribution in [3.05, 3.63) is 24.6 Å². The Labute approximate surface area is 152 Å². The number of fused-ring (bicyclic) bond motifs is 1. The van der Waals surface area contributed by atoms with Crippen LogP contribution < -0.4 is 5.32 Å². The Morgan fingerprint density at radius 1 is 1.40 bits per heavy atom. The fourth-order valence-corrected chi connectivity index (χ4v) is 1.90. The molecule has 5 heteroatoms. The molecule has 3 unspecified atom stereocenters. The Morgan fingerprint density at radius 3 is 2.60 bits per heavy atom. The maximum atomic E-state index is 11.4. The Bertz CT molecular complexity index is 260. The van der Waals surface area contributed by atoms with Crippen LogP contribution in [0.5, 0.6) is 0 Å². The molecule has 0 aromatic rings. The number of allylic oxidation sites excluding steroid dienone is 2. The molecule has 0 aromatic heterocycles. The molecule has 1 aliphatic heterocycles. The Morgan fingerprint density at radius 2 is 2.00 bits per heavy atom. The summed E-state index contributed by atoms with van der Waals surface area (Å²) in [5.74, 6) is 0.588. The third kappa shape index (κ3) is 4.61. The fraction of sp³-hybridized carbons (Fsp3) is 0.500. The predicted molar refractivity (Wildman–Crippen MR) is 45.6 cm³/mol. The van der Waals surface area contributed by atoms with Gasteiger partial charge in [0.15, 0.2) is 0 Å². The number of rotatable bonds is 0. The van der Waals surface area contributed by atoms with Gasteiger partial charge in [0.25, 0.3) is 0 Å². The second kappa shape index (κ2) is 8.12. The van der Waals surface area contributed by atoms with Gasteiger partial charge in [0.2, 0.25) is 0 Å². The standard InChI is InChI=1S/C10H12NO.U.V.Y/c1-6-3-8-9(4-6)11-7(2)5-10(8)12;;;/h3-4,6,8-9,11H,1-2H3;;;/q-3;;;. The summed E-state index contributed by atoms with van der Waals surface area (Å²) in [5, 5.41) is 3.24. The second-order valence-electron chi connectivity index (χ2n) is 3.55. The minimum Gasteiger partial charge on any atom is -0.449 e. The van der Waals surface area contributed by atoms with Gasteiger partial charge in [0.1, 0.15) is 0 Å². The first-order chi connectivity index (χ1) is 5.66. The molecular weight excluding hydrogens is 528 g/mol. The van der Waals surface area contributed by atoms with E-state index in [2.05, 4.69) is 31.2 Å². The summed E-state index contributed by atoms with van der Waals surface area (Å²) in [6.07, 6.45) is 7.04. The van der Waals surface area contributed by atoms with Gasteiger partial charge in [0, 0.05) is 82.4 Å². The van der Waals surface area contributed by atoms with Gasteiger partial charge in [-0.1, -0.05) is 6.92 Å². The van der Waals surface area contributed by atoms with Crippen molar-refractivity contribution in [3.8, 4) is 0 Å². The van der Waals surface area contributed by atoms with E-state index in [-0.39, 0.29) is 100 Å². The summed E-state index contributed by atoms with van der Waals surface area (Å²) in [6.45, 7) is 3.98. The van der Waals surface area contributed by atoms with Gasteiger partial charge in [-0.25, -0.2) is 0 Å². The van der Waals surface area contributed by atoms with Gasteiger partial charge < -0.3 is 34.9 Å². The van der Waals surface area contributed by atoms with Crippen LogP contribution >= 0.6 is 0 Å². The van der Waals surface area contributed by atoms with Gasteiger partial charge in [-0.3, -0.25) is 0 Å². The summed E-state index contributed by atoms with van der Waals surface area (Å²) in [4.78, 5) is 11.4. The first kappa shape index (κ1) is 19.3. The quantitative estimate of drug-likeness (QED) is 0.464. The molecular formula is C10H12NOUVY-3. The first-order valence-corrected chi connectivity index (χ1v) is 4.28. The summed E-state index contributed by atoms with van der Waals surface area (Å²) >= 11 is 0. The molecule has 1 N–H and O–H groups in total. The molecule has 0 aromatic carbocycles. The molecule has 2 rings (SSSR count). The maximum Gasteiger partial charge on any atom is 0 e. The molecule has 0 spiro atoms. The molecule has 0 amide bonds. The van der Waals surface area contributed by atoms with Gasteiger partial charge in [-0.05, 0) is 5.78 Å². The van der Waals surface area contributed by atoms with Crippen molar-refractivity contribution in [3.63, 3.8) is 0 Å². The molecule has 2 aliphatic rings. The monoisotopic (exact) mass is 540 g/mol. The van der Waals surface area contributed by atoms with Crippen molar-refractivity contribution >= 4 is 5.78 Å². The number of nitrogens with one attached hydrogen (secondary N) is 1. The van der Waals surface area contributed by atoms with E-state index in [0.29, 0.717) is 5.92 Å². The second-order valence-corrected chi connectivity index (χ2v) is 3.55. The summed E-state index contributed by atoms with van der Waals surface area (Å²) in [6, 6.07) is 0.216. The Balaban J connectivity index is 0. The number of hydrogen-bond acceptors (Lipinski definition) is 2. The molecule has 2 nitrogen and oxygen atoms in total. The van der Waals surface area contributed by atoms with Crippen LogP contribution in [0.2, 0.25) is 0 Å². The predicted octanol–water partition coefficient (Wildman–Crippen LogP) is 0.904. The Hall–Kier alpha value is 1.95. The zero-order chi connectivity index (χ0) is 8.72.